The number of para-hydroxylation sites is 1. The lowest BCUT2D eigenvalue weighted by atomic mass is 9.90. The van der Waals surface area contributed by atoms with Crippen molar-refractivity contribution in [3.8, 4) is 0 Å². The van der Waals surface area contributed by atoms with Crippen LogP contribution >= 0.6 is 0 Å². The molecule has 2 heteroatoms. The average Bonchev–Trinajstić information content (AvgIpc) is 2.80. The molecule has 2 aromatic rings. The van der Waals surface area contributed by atoms with Gasteiger partial charge in [0.25, 0.3) is 0 Å². The fraction of sp³-hybridized carbons (Fsp3) is 0.500. The highest BCUT2D eigenvalue weighted by Gasteiger charge is 2.18. The summed E-state index contributed by atoms with van der Waals surface area (Å²) in [6.45, 7) is 9.95. The Labute approximate surface area is 109 Å². The van der Waals surface area contributed by atoms with E-state index in [1.807, 2.05) is 18.2 Å². The largest absolute Gasteiger partial charge is 0.459 e. The first-order valence-electron chi connectivity index (χ1n) is 6.74. The van der Waals surface area contributed by atoms with E-state index in [-0.39, 0.29) is 6.04 Å². The summed E-state index contributed by atoms with van der Waals surface area (Å²) in [4.78, 5) is 0. The number of benzene rings is 1. The summed E-state index contributed by atoms with van der Waals surface area (Å²) in [7, 11) is 0. The smallest absolute Gasteiger partial charge is 0.134 e. The van der Waals surface area contributed by atoms with Crippen molar-refractivity contribution in [3.05, 3.63) is 36.1 Å². The van der Waals surface area contributed by atoms with E-state index < -0.39 is 0 Å². The van der Waals surface area contributed by atoms with Crippen molar-refractivity contribution < 1.29 is 4.42 Å². The summed E-state index contributed by atoms with van der Waals surface area (Å²) in [5, 5.41) is 4.73. The first kappa shape index (κ1) is 13.2. The monoisotopic (exact) mass is 245 g/mol. The maximum atomic E-state index is 5.87. The number of hydrogen-bond donors (Lipinski definition) is 1. The molecule has 0 radical (unpaired) electrons. The zero-order valence-electron chi connectivity index (χ0n) is 11.8. The van der Waals surface area contributed by atoms with Crippen molar-refractivity contribution in [2.45, 2.75) is 40.2 Å². The Balaban J connectivity index is 2.07. The fourth-order valence-corrected chi connectivity index (χ4v) is 1.87. The number of hydrogen-bond acceptors (Lipinski definition) is 2. The molecule has 2 rings (SSSR count). The van der Waals surface area contributed by atoms with Crippen LogP contribution in [0.1, 0.15) is 45.9 Å². The molecule has 0 saturated carbocycles. The van der Waals surface area contributed by atoms with Crippen LogP contribution in [0.25, 0.3) is 11.0 Å². The van der Waals surface area contributed by atoms with E-state index >= 15 is 0 Å². The molecule has 0 aliphatic carbocycles. The van der Waals surface area contributed by atoms with Crippen LogP contribution in [0.15, 0.2) is 34.7 Å². The lowest BCUT2D eigenvalue weighted by molar-refractivity contribution is 0.304. The molecule has 0 aliphatic heterocycles. The van der Waals surface area contributed by atoms with Crippen molar-refractivity contribution >= 4 is 11.0 Å². The normalized spacial score (nSPS) is 14.0. The van der Waals surface area contributed by atoms with Crippen LogP contribution in [0.4, 0.5) is 0 Å². The SMILES string of the molecule is CCC(C)(C)CNC(C)c1cc2ccccc2o1. The molecule has 0 fully saturated rings. The Hall–Kier alpha value is -1.28. The summed E-state index contributed by atoms with van der Waals surface area (Å²) in [5.41, 5.74) is 1.30. The van der Waals surface area contributed by atoms with Crippen LogP contribution in [0.3, 0.4) is 0 Å². The lowest BCUT2D eigenvalue weighted by Crippen LogP contribution is -2.30. The van der Waals surface area contributed by atoms with Crippen LogP contribution in [0.5, 0.6) is 0 Å². The number of furan rings is 1. The first-order chi connectivity index (χ1) is 8.52. The van der Waals surface area contributed by atoms with Crippen molar-refractivity contribution in [1.82, 2.24) is 5.32 Å². The minimum absolute atomic E-state index is 0.253. The molecule has 1 heterocycles. The quantitative estimate of drug-likeness (QED) is 0.837. The van der Waals surface area contributed by atoms with Crippen LogP contribution in [0, 0.1) is 5.41 Å². The van der Waals surface area contributed by atoms with Gasteiger partial charge in [-0.25, -0.2) is 0 Å². The van der Waals surface area contributed by atoms with Gasteiger partial charge in [-0.1, -0.05) is 39.0 Å². The highest BCUT2D eigenvalue weighted by atomic mass is 16.3. The van der Waals surface area contributed by atoms with Gasteiger partial charge in [-0.2, -0.15) is 0 Å². The van der Waals surface area contributed by atoms with E-state index in [4.69, 9.17) is 4.42 Å². The molecular weight excluding hydrogens is 222 g/mol. The van der Waals surface area contributed by atoms with E-state index in [0.29, 0.717) is 5.41 Å². The Morgan fingerprint density at radius 3 is 2.67 bits per heavy atom. The summed E-state index contributed by atoms with van der Waals surface area (Å²) in [6, 6.07) is 10.5. The molecule has 2 nitrogen and oxygen atoms in total. The maximum absolute atomic E-state index is 5.87. The number of fused-ring (bicyclic) bond motifs is 1. The molecule has 0 aliphatic rings. The van der Waals surface area contributed by atoms with Gasteiger partial charge in [0.2, 0.25) is 0 Å². The Morgan fingerprint density at radius 1 is 1.28 bits per heavy atom. The molecule has 0 amide bonds. The Kier molecular flexibility index (Phi) is 3.76. The van der Waals surface area contributed by atoms with Crippen molar-refractivity contribution in [2.24, 2.45) is 5.41 Å². The minimum atomic E-state index is 0.253. The van der Waals surface area contributed by atoms with Crippen LogP contribution < -0.4 is 5.32 Å². The number of rotatable bonds is 5. The standard InChI is InChI=1S/C16H23NO/c1-5-16(3,4)11-17-12(2)15-10-13-8-6-7-9-14(13)18-15/h6-10,12,17H,5,11H2,1-4H3. The van der Waals surface area contributed by atoms with Gasteiger partial charge in [0.15, 0.2) is 0 Å². The highest BCUT2D eigenvalue weighted by Crippen LogP contribution is 2.25. The second-order valence-corrected chi connectivity index (χ2v) is 5.81. The molecule has 18 heavy (non-hydrogen) atoms. The molecule has 1 atom stereocenters. The third-order valence-corrected chi connectivity index (χ3v) is 3.72. The predicted molar refractivity (Wildman–Crippen MR) is 76.7 cm³/mol. The highest BCUT2D eigenvalue weighted by molar-refractivity contribution is 5.77. The summed E-state index contributed by atoms with van der Waals surface area (Å²) in [6.07, 6.45) is 1.17. The van der Waals surface area contributed by atoms with Gasteiger partial charge in [0.05, 0.1) is 6.04 Å². The maximum Gasteiger partial charge on any atom is 0.134 e. The van der Waals surface area contributed by atoms with Gasteiger partial charge in [0.1, 0.15) is 11.3 Å². The minimum Gasteiger partial charge on any atom is -0.459 e. The molecule has 1 N–H and O–H groups in total. The lowest BCUT2D eigenvalue weighted by Gasteiger charge is -2.25. The van der Waals surface area contributed by atoms with E-state index in [9.17, 15) is 0 Å². The van der Waals surface area contributed by atoms with Gasteiger partial charge in [-0.15, -0.1) is 0 Å². The van der Waals surface area contributed by atoms with E-state index in [1.165, 1.54) is 11.8 Å². The van der Waals surface area contributed by atoms with E-state index in [0.717, 1.165) is 17.9 Å². The molecule has 98 valence electrons. The molecule has 1 aromatic heterocycles. The van der Waals surface area contributed by atoms with E-state index in [2.05, 4.69) is 45.1 Å². The van der Waals surface area contributed by atoms with Crippen LogP contribution in [0.2, 0.25) is 0 Å². The average molecular weight is 245 g/mol. The van der Waals surface area contributed by atoms with Gasteiger partial charge in [-0.3, -0.25) is 0 Å². The summed E-state index contributed by atoms with van der Waals surface area (Å²) < 4.78 is 5.87. The zero-order valence-corrected chi connectivity index (χ0v) is 11.8. The third-order valence-electron chi connectivity index (χ3n) is 3.72. The van der Waals surface area contributed by atoms with Crippen LogP contribution in [-0.2, 0) is 0 Å². The molecule has 0 saturated heterocycles. The van der Waals surface area contributed by atoms with Gasteiger partial charge >= 0.3 is 0 Å². The van der Waals surface area contributed by atoms with Crippen molar-refractivity contribution in [3.63, 3.8) is 0 Å². The topological polar surface area (TPSA) is 25.2 Å². The zero-order chi connectivity index (χ0) is 13.2. The Morgan fingerprint density at radius 2 is 2.00 bits per heavy atom. The van der Waals surface area contributed by atoms with Crippen molar-refractivity contribution in [2.75, 3.05) is 6.54 Å². The molecule has 0 bridgehead atoms. The van der Waals surface area contributed by atoms with Gasteiger partial charge < -0.3 is 9.73 Å². The van der Waals surface area contributed by atoms with Gasteiger partial charge in [-0.05, 0) is 30.9 Å². The van der Waals surface area contributed by atoms with Crippen molar-refractivity contribution in [1.29, 1.82) is 0 Å². The van der Waals surface area contributed by atoms with E-state index in [1.54, 1.807) is 0 Å². The second kappa shape index (κ2) is 5.15. The fourth-order valence-electron chi connectivity index (χ4n) is 1.87. The number of nitrogens with one attached hydrogen (secondary N) is 1. The molecular formula is C16H23NO. The second-order valence-electron chi connectivity index (χ2n) is 5.81. The molecule has 0 spiro atoms. The molecule has 1 unspecified atom stereocenters. The summed E-state index contributed by atoms with van der Waals surface area (Å²) in [5.74, 6) is 1.02. The Bertz CT molecular complexity index is 480. The van der Waals surface area contributed by atoms with Crippen LogP contribution in [-0.4, -0.2) is 6.54 Å². The van der Waals surface area contributed by atoms with Gasteiger partial charge in [0, 0.05) is 11.9 Å². The predicted octanol–water partition coefficient (Wildman–Crippen LogP) is 4.52. The third kappa shape index (κ3) is 2.94. The first-order valence-corrected chi connectivity index (χ1v) is 6.74. The summed E-state index contributed by atoms with van der Waals surface area (Å²) >= 11 is 0. The molecule has 1 aromatic carbocycles.